The zero-order valence-electron chi connectivity index (χ0n) is 6.70. The van der Waals surface area contributed by atoms with Crippen LogP contribution >= 0.6 is 11.8 Å². The van der Waals surface area contributed by atoms with Crippen LogP contribution in [0.3, 0.4) is 0 Å². The van der Waals surface area contributed by atoms with Gasteiger partial charge in [0.15, 0.2) is 0 Å². The maximum Gasteiger partial charge on any atom is 0.292 e. The molecule has 2 N–H and O–H groups in total. The minimum absolute atomic E-state index is 0.254. The molecule has 1 heterocycles. The van der Waals surface area contributed by atoms with Crippen molar-refractivity contribution in [3.05, 3.63) is 12.0 Å². The van der Waals surface area contributed by atoms with Gasteiger partial charge in [-0.1, -0.05) is 13.8 Å². The molecule has 1 aromatic rings. The summed E-state index contributed by atoms with van der Waals surface area (Å²) in [7, 11) is 0. The van der Waals surface area contributed by atoms with Crippen LogP contribution < -0.4 is 5.73 Å². The van der Waals surface area contributed by atoms with Gasteiger partial charge in [0.2, 0.25) is 0 Å². The predicted molar refractivity (Wildman–Crippen MR) is 47.3 cm³/mol. The van der Waals surface area contributed by atoms with E-state index in [1.165, 1.54) is 0 Å². The molecule has 0 aromatic carbocycles. The Morgan fingerprint density at radius 2 is 2.45 bits per heavy atom. The molecule has 3 nitrogen and oxygen atoms in total. The smallest absolute Gasteiger partial charge is 0.292 e. The Morgan fingerprint density at radius 1 is 1.73 bits per heavy atom. The lowest BCUT2D eigenvalue weighted by atomic mass is 10.6. The Bertz CT molecular complexity index is 222. The number of hydrogen-bond donors (Lipinski definition) is 1. The van der Waals surface area contributed by atoms with Gasteiger partial charge in [-0.05, 0) is 5.25 Å². The fourth-order valence-electron chi connectivity index (χ4n) is 0.638. The zero-order chi connectivity index (χ0) is 8.27. The van der Waals surface area contributed by atoms with Crippen LogP contribution in [-0.4, -0.2) is 10.2 Å². The maximum absolute atomic E-state index is 5.30. The van der Waals surface area contributed by atoms with Crippen LogP contribution in [0.5, 0.6) is 0 Å². The van der Waals surface area contributed by atoms with Gasteiger partial charge in [-0.3, -0.25) is 0 Å². The van der Waals surface area contributed by atoms with E-state index in [-0.39, 0.29) is 6.01 Å². The third-order valence-corrected chi connectivity index (χ3v) is 2.25. The first kappa shape index (κ1) is 8.46. The average molecular weight is 172 g/mol. The van der Waals surface area contributed by atoms with E-state index in [9.17, 15) is 0 Å². The average Bonchev–Trinajstić information content (AvgIpc) is 2.31. The first-order valence-corrected chi connectivity index (χ1v) is 4.55. The summed E-state index contributed by atoms with van der Waals surface area (Å²) in [6.45, 7) is 4.29. The van der Waals surface area contributed by atoms with Gasteiger partial charge in [0.1, 0.15) is 5.76 Å². The van der Waals surface area contributed by atoms with Gasteiger partial charge in [-0.2, -0.15) is 11.8 Å². The van der Waals surface area contributed by atoms with Crippen LogP contribution in [0.4, 0.5) is 6.01 Å². The SMILES string of the molecule is CC(C)SCc1cnc(N)o1. The fourth-order valence-corrected chi connectivity index (χ4v) is 1.27. The Kier molecular flexibility index (Phi) is 2.82. The highest BCUT2D eigenvalue weighted by atomic mass is 32.2. The summed E-state index contributed by atoms with van der Waals surface area (Å²) in [5.41, 5.74) is 5.30. The summed E-state index contributed by atoms with van der Waals surface area (Å²) in [5.74, 6) is 1.70. The van der Waals surface area contributed by atoms with Crippen LogP contribution in [-0.2, 0) is 5.75 Å². The molecule has 0 saturated carbocycles. The van der Waals surface area contributed by atoms with Crippen molar-refractivity contribution in [2.24, 2.45) is 0 Å². The van der Waals surface area contributed by atoms with Crippen molar-refractivity contribution in [1.82, 2.24) is 4.98 Å². The Hall–Kier alpha value is -0.640. The van der Waals surface area contributed by atoms with E-state index in [1.54, 1.807) is 6.20 Å². The highest BCUT2D eigenvalue weighted by Gasteiger charge is 2.01. The van der Waals surface area contributed by atoms with E-state index in [1.807, 2.05) is 11.8 Å². The molecule has 0 unspecified atom stereocenters. The van der Waals surface area contributed by atoms with Gasteiger partial charge in [0.05, 0.1) is 11.9 Å². The summed E-state index contributed by atoms with van der Waals surface area (Å²) in [6.07, 6.45) is 1.67. The van der Waals surface area contributed by atoms with Crippen molar-refractivity contribution < 1.29 is 4.42 Å². The van der Waals surface area contributed by atoms with Crippen LogP contribution in [0.15, 0.2) is 10.6 Å². The van der Waals surface area contributed by atoms with E-state index >= 15 is 0 Å². The molecule has 62 valence electrons. The molecule has 0 saturated heterocycles. The number of hydrogen-bond acceptors (Lipinski definition) is 4. The largest absolute Gasteiger partial charge is 0.428 e. The normalized spacial score (nSPS) is 10.8. The van der Waals surface area contributed by atoms with Crippen molar-refractivity contribution >= 4 is 17.8 Å². The van der Waals surface area contributed by atoms with Crippen molar-refractivity contribution in [2.45, 2.75) is 24.9 Å². The number of rotatable bonds is 3. The molecule has 0 fully saturated rings. The summed E-state index contributed by atoms with van der Waals surface area (Å²) in [4.78, 5) is 3.79. The molecule has 0 aliphatic heterocycles. The maximum atomic E-state index is 5.30. The predicted octanol–water partition coefficient (Wildman–Crippen LogP) is 1.90. The molecule has 1 rings (SSSR count). The molecular weight excluding hydrogens is 160 g/mol. The molecule has 4 heteroatoms. The van der Waals surface area contributed by atoms with E-state index in [0.29, 0.717) is 5.25 Å². The van der Waals surface area contributed by atoms with E-state index < -0.39 is 0 Å². The third kappa shape index (κ3) is 2.84. The van der Waals surface area contributed by atoms with Gasteiger partial charge >= 0.3 is 0 Å². The van der Waals surface area contributed by atoms with Crippen molar-refractivity contribution in [3.8, 4) is 0 Å². The van der Waals surface area contributed by atoms with Gasteiger partial charge < -0.3 is 10.2 Å². The standard InChI is InChI=1S/C7H12N2OS/c1-5(2)11-4-6-3-9-7(8)10-6/h3,5H,4H2,1-2H3,(H2,8,9). The van der Waals surface area contributed by atoms with Crippen molar-refractivity contribution in [2.75, 3.05) is 5.73 Å². The molecule has 0 spiro atoms. The van der Waals surface area contributed by atoms with Crippen molar-refractivity contribution in [1.29, 1.82) is 0 Å². The minimum Gasteiger partial charge on any atom is -0.428 e. The lowest BCUT2D eigenvalue weighted by Gasteiger charge is -1.99. The van der Waals surface area contributed by atoms with E-state index in [4.69, 9.17) is 10.2 Å². The lowest BCUT2D eigenvalue weighted by Crippen LogP contribution is -1.87. The van der Waals surface area contributed by atoms with Crippen LogP contribution in [0.2, 0.25) is 0 Å². The van der Waals surface area contributed by atoms with Crippen LogP contribution in [0, 0.1) is 0 Å². The fraction of sp³-hybridized carbons (Fsp3) is 0.571. The zero-order valence-corrected chi connectivity index (χ0v) is 7.52. The summed E-state index contributed by atoms with van der Waals surface area (Å²) >= 11 is 1.81. The molecule has 0 radical (unpaired) electrons. The number of nitrogens with zero attached hydrogens (tertiary/aromatic N) is 1. The number of nitrogens with two attached hydrogens (primary N) is 1. The first-order chi connectivity index (χ1) is 5.18. The quantitative estimate of drug-likeness (QED) is 0.756. The molecule has 0 bridgehead atoms. The highest BCUT2D eigenvalue weighted by molar-refractivity contribution is 7.99. The highest BCUT2D eigenvalue weighted by Crippen LogP contribution is 2.17. The number of anilines is 1. The molecular formula is C7H12N2OS. The third-order valence-electron chi connectivity index (χ3n) is 1.13. The summed E-state index contributed by atoms with van der Waals surface area (Å²) in [5, 5.41) is 0.612. The van der Waals surface area contributed by atoms with Gasteiger partial charge in [-0.25, -0.2) is 4.98 Å². The summed E-state index contributed by atoms with van der Waals surface area (Å²) < 4.78 is 5.08. The molecule has 0 atom stereocenters. The Labute approximate surface area is 70.4 Å². The van der Waals surface area contributed by atoms with Crippen LogP contribution in [0.1, 0.15) is 19.6 Å². The number of nitrogen functional groups attached to an aromatic ring is 1. The molecule has 1 aromatic heterocycles. The minimum atomic E-state index is 0.254. The second kappa shape index (κ2) is 3.67. The van der Waals surface area contributed by atoms with E-state index in [2.05, 4.69) is 18.8 Å². The topological polar surface area (TPSA) is 52.0 Å². The number of oxazole rings is 1. The Morgan fingerprint density at radius 3 is 2.91 bits per heavy atom. The molecule has 11 heavy (non-hydrogen) atoms. The molecule has 0 aliphatic rings. The first-order valence-electron chi connectivity index (χ1n) is 3.50. The van der Waals surface area contributed by atoms with Gasteiger partial charge in [0, 0.05) is 0 Å². The monoisotopic (exact) mass is 172 g/mol. The molecule has 0 amide bonds. The second-order valence-corrected chi connectivity index (χ2v) is 4.09. The number of aromatic nitrogens is 1. The van der Waals surface area contributed by atoms with E-state index in [0.717, 1.165) is 11.5 Å². The molecule has 0 aliphatic carbocycles. The number of thioether (sulfide) groups is 1. The van der Waals surface area contributed by atoms with Crippen LogP contribution in [0.25, 0.3) is 0 Å². The van der Waals surface area contributed by atoms with Gasteiger partial charge in [0.25, 0.3) is 6.01 Å². The van der Waals surface area contributed by atoms with Gasteiger partial charge in [-0.15, -0.1) is 0 Å². The van der Waals surface area contributed by atoms with Crippen molar-refractivity contribution in [3.63, 3.8) is 0 Å². The lowest BCUT2D eigenvalue weighted by molar-refractivity contribution is 0.544. The Balaban J connectivity index is 2.39. The second-order valence-electron chi connectivity index (χ2n) is 2.52. The summed E-state index contributed by atoms with van der Waals surface area (Å²) in [6, 6.07) is 0.254.